The number of rotatable bonds is 3. The highest BCUT2D eigenvalue weighted by Gasteiger charge is 2.22. The monoisotopic (exact) mass is 448 g/mol. The lowest BCUT2D eigenvalue weighted by Gasteiger charge is -2.28. The van der Waals surface area contributed by atoms with Crippen LogP contribution in [-0.4, -0.2) is 50.1 Å². The maximum Gasteiger partial charge on any atom is 0.179 e. The summed E-state index contributed by atoms with van der Waals surface area (Å²) in [6, 6.07) is 12.9. The molecule has 0 aliphatic carbocycles. The van der Waals surface area contributed by atoms with E-state index < -0.39 is 0 Å². The van der Waals surface area contributed by atoms with E-state index in [-0.39, 0.29) is 30.6 Å². The van der Waals surface area contributed by atoms with Crippen molar-refractivity contribution < 1.29 is 4.39 Å². The quantitative estimate of drug-likeness (QED) is 0.498. The molecule has 9 heteroatoms. The fraction of sp³-hybridized carbons (Fsp3) is 0.286. The smallest absolute Gasteiger partial charge is 0.179 e. The van der Waals surface area contributed by atoms with E-state index in [1.807, 2.05) is 30.5 Å². The number of likely N-dealkylation sites (tertiary alicyclic amines) is 1. The van der Waals surface area contributed by atoms with Crippen LogP contribution in [0.4, 0.5) is 4.39 Å². The summed E-state index contributed by atoms with van der Waals surface area (Å²) in [4.78, 5) is 6.01. The molecule has 30 heavy (non-hydrogen) atoms. The lowest BCUT2D eigenvalue weighted by molar-refractivity contribution is 0.253. The van der Waals surface area contributed by atoms with E-state index in [0.29, 0.717) is 11.6 Å². The van der Waals surface area contributed by atoms with E-state index in [4.69, 9.17) is 0 Å². The number of benzene rings is 1. The predicted molar refractivity (Wildman–Crippen MR) is 120 cm³/mol. The minimum atomic E-state index is -0.233. The van der Waals surface area contributed by atoms with Gasteiger partial charge in [-0.15, -0.1) is 29.9 Å². The zero-order valence-electron chi connectivity index (χ0n) is 16.5. The Morgan fingerprint density at radius 3 is 2.47 bits per heavy atom. The second kappa shape index (κ2) is 9.12. The number of H-pyrrole nitrogens is 1. The molecule has 1 fully saturated rings. The van der Waals surface area contributed by atoms with Gasteiger partial charge in [-0.1, -0.05) is 0 Å². The molecular weight excluding hydrogens is 426 g/mol. The van der Waals surface area contributed by atoms with Crippen molar-refractivity contribution in [2.45, 2.75) is 18.8 Å². The number of pyridine rings is 1. The average molecular weight is 449 g/mol. The minimum absolute atomic E-state index is 0. The number of aromatic amines is 1. The Bertz CT molecular complexity index is 1120. The van der Waals surface area contributed by atoms with Gasteiger partial charge in [0.1, 0.15) is 5.82 Å². The third kappa shape index (κ3) is 4.19. The number of hydrogen-bond acceptors (Lipinski definition) is 4. The summed E-state index contributed by atoms with van der Waals surface area (Å²) in [5.74, 6) is 0.269. The van der Waals surface area contributed by atoms with Gasteiger partial charge < -0.3 is 9.88 Å². The summed E-state index contributed by atoms with van der Waals surface area (Å²) in [6.07, 6.45) is 4.13. The number of halogens is 3. The molecule has 5 rings (SSSR count). The van der Waals surface area contributed by atoms with Crippen molar-refractivity contribution in [1.29, 1.82) is 0 Å². The molecule has 0 atom stereocenters. The van der Waals surface area contributed by atoms with Gasteiger partial charge in [0, 0.05) is 23.4 Å². The Morgan fingerprint density at radius 2 is 1.73 bits per heavy atom. The molecule has 0 amide bonds. The summed E-state index contributed by atoms with van der Waals surface area (Å²) >= 11 is 0. The lowest BCUT2D eigenvalue weighted by atomic mass is 9.93. The first-order valence-corrected chi connectivity index (χ1v) is 9.53. The predicted octanol–water partition coefficient (Wildman–Crippen LogP) is 4.58. The van der Waals surface area contributed by atoms with Crippen LogP contribution in [0.5, 0.6) is 0 Å². The molecule has 1 aliphatic heterocycles. The molecule has 3 aromatic heterocycles. The second-order valence-corrected chi connectivity index (χ2v) is 7.49. The van der Waals surface area contributed by atoms with Crippen molar-refractivity contribution in [3.63, 3.8) is 0 Å². The molecule has 0 saturated carbocycles. The van der Waals surface area contributed by atoms with Gasteiger partial charge in [-0.3, -0.25) is 0 Å². The van der Waals surface area contributed by atoms with Gasteiger partial charge in [-0.25, -0.2) is 8.91 Å². The third-order valence-electron chi connectivity index (χ3n) is 5.64. The Morgan fingerprint density at radius 1 is 1.00 bits per heavy atom. The van der Waals surface area contributed by atoms with Crippen LogP contribution in [0.3, 0.4) is 0 Å². The Hall–Kier alpha value is -2.48. The normalized spacial score (nSPS) is 15.0. The van der Waals surface area contributed by atoms with Crippen LogP contribution in [0.2, 0.25) is 0 Å². The van der Waals surface area contributed by atoms with Crippen molar-refractivity contribution in [3.05, 3.63) is 60.2 Å². The zero-order valence-corrected chi connectivity index (χ0v) is 18.1. The first kappa shape index (κ1) is 22.2. The van der Waals surface area contributed by atoms with Crippen molar-refractivity contribution >= 4 is 30.5 Å². The average Bonchev–Trinajstić information content (AvgIpc) is 3.36. The van der Waals surface area contributed by atoms with E-state index in [1.165, 1.54) is 17.8 Å². The molecule has 0 bridgehead atoms. The topological polar surface area (TPSA) is 62.1 Å². The Labute approximate surface area is 186 Å². The van der Waals surface area contributed by atoms with Crippen LogP contribution in [0.15, 0.2) is 48.7 Å². The fourth-order valence-electron chi connectivity index (χ4n) is 3.99. The molecule has 4 aromatic rings. The van der Waals surface area contributed by atoms with E-state index >= 15 is 0 Å². The number of fused-ring (bicyclic) bond motifs is 1. The highest BCUT2D eigenvalue weighted by molar-refractivity contribution is 5.85. The zero-order chi connectivity index (χ0) is 19.1. The number of tetrazole rings is 1. The van der Waals surface area contributed by atoms with Gasteiger partial charge in [0.2, 0.25) is 0 Å². The van der Waals surface area contributed by atoms with E-state index in [9.17, 15) is 4.39 Å². The summed E-state index contributed by atoms with van der Waals surface area (Å²) < 4.78 is 15.1. The molecular formula is C21H23Cl2FN6. The molecule has 6 nitrogen and oxygen atoms in total. The molecule has 1 aliphatic rings. The standard InChI is InChI=1S/C21H21FN6.2ClH/c1-27-9-6-14(7-10-27)19-13-18(16-8-11-28-20(12-16)24-25-26-28)21(23-19)15-2-4-17(22)5-3-15;;/h2-5,8,11-14,23H,6-7,9-10H2,1H3;2*1H. The van der Waals surface area contributed by atoms with Crippen molar-refractivity contribution in [2.75, 3.05) is 20.1 Å². The third-order valence-corrected chi connectivity index (χ3v) is 5.64. The van der Waals surface area contributed by atoms with Crippen LogP contribution >= 0.6 is 24.8 Å². The summed E-state index contributed by atoms with van der Waals surface area (Å²) in [5, 5.41) is 11.7. The van der Waals surface area contributed by atoms with E-state index in [1.54, 1.807) is 4.52 Å². The van der Waals surface area contributed by atoms with Crippen LogP contribution in [0.25, 0.3) is 28.0 Å². The van der Waals surface area contributed by atoms with Crippen LogP contribution < -0.4 is 0 Å². The first-order chi connectivity index (χ1) is 13.7. The molecule has 0 spiro atoms. The molecule has 4 heterocycles. The SMILES string of the molecule is CN1CCC(c2cc(-c3ccn4nnnc4c3)c(-c3ccc(F)cc3)[nH]2)CC1.Cl.Cl. The molecule has 158 valence electrons. The van der Waals surface area contributed by atoms with Crippen molar-refractivity contribution in [3.8, 4) is 22.4 Å². The Balaban J connectivity index is 0.00000128. The first-order valence-electron chi connectivity index (χ1n) is 9.53. The van der Waals surface area contributed by atoms with Gasteiger partial charge in [0.05, 0.1) is 5.69 Å². The van der Waals surface area contributed by atoms with E-state index in [2.05, 4.69) is 38.5 Å². The molecule has 1 aromatic carbocycles. The van der Waals surface area contributed by atoms with Crippen molar-refractivity contribution in [2.24, 2.45) is 0 Å². The second-order valence-electron chi connectivity index (χ2n) is 7.49. The number of piperidine rings is 1. The van der Waals surface area contributed by atoms with Crippen LogP contribution in [0.1, 0.15) is 24.5 Å². The lowest BCUT2D eigenvalue weighted by Crippen LogP contribution is -2.29. The van der Waals surface area contributed by atoms with Crippen LogP contribution in [-0.2, 0) is 0 Å². The van der Waals surface area contributed by atoms with Gasteiger partial charge in [-0.05, 0) is 97.0 Å². The number of hydrogen-bond donors (Lipinski definition) is 1. The maximum atomic E-state index is 13.5. The molecule has 1 N–H and O–H groups in total. The largest absolute Gasteiger partial charge is 0.358 e. The molecule has 0 radical (unpaired) electrons. The number of nitrogens with one attached hydrogen (secondary N) is 1. The van der Waals surface area contributed by atoms with E-state index in [0.717, 1.165) is 48.3 Å². The van der Waals surface area contributed by atoms with Gasteiger partial charge in [-0.2, -0.15) is 0 Å². The number of nitrogens with zero attached hydrogens (tertiary/aromatic N) is 5. The van der Waals surface area contributed by atoms with Crippen LogP contribution in [0, 0.1) is 5.82 Å². The summed E-state index contributed by atoms with van der Waals surface area (Å²) in [6.45, 7) is 2.20. The Kier molecular flexibility index (Phi) is 6.75. The molecule has 0 unspecified atom stereocenters. The highest BCUT2D eigenvalue weighted by Crippen LogP contribution is 2.37. The molecule has 1 saturated heterocycles. The van der Waals surface area contributed by atoms with Crippen molar-refractivity contribution in [1.82, 2.24) is 29.9 Å². The summed E-state index contributed by atoms with van der Waals surface area (Å²) in [5.41, 5.74) is 6.04. The minimum Gasteiger partial charge on any atom is -0.358 e. The van der Waals surface area contributed by atoms with Gasteiger partial charge in [0.25, 0.3) is 0 Å². The van der Waals surface area contributed by atoms with Gasteiger partial charge in [0.15, 0.2) is 5.65 Å². The summed E-state index contributed by atoms with van der Waals surface area (Å²) in [7, 11) is 2.17. The fourth-order valence-corrected chi connectivity index (χ4v) is 3.99. The maximum absolute atomic E-state index is 13.5. The highest BCUT2D eigenvalue weighted by atomic mass is 35.5. The number of aromatic nitrogens is 5. The van der Waals surface area contributed by atoms with Gasteiger partial charge >= 0.3 is 0 Å².